The van der Waals surface area contributed by atoms with Gasteiger partial charge in [-0.3, -0.25) is 10.2 Å². The molecule has 0 saturated heterocycles. The monoisotopic (exact) mass is 347 g/mol. The van der Waals surface area contributed by atoms with Crippen LogP contribution in [-0.4, -0.2) is 31.9 Å². The number of aliphatic carboxylic acids is 1. The Hall–Kier alpha value is -3.61. The predicted molar refractivity (Wildman–Crippen MR) is 100 cm³/mol. The van der Waals surface area contributed by atoms with Crippen molar-refractivity contribution in [2.24, 2.45) is 5.73 Å². The highest BCUT2D eigenvalue weighted by molar-refractivity contribution is 6.08. The number of carboxylic acid groups (broad SMARTS) is 1. The molecule has 7 nitrogen and oxygen atoms in total. The molecule has 0 amide bonds. The summed E-state index contributed by atoms with van der Waals surface area (Å²) in [6, 6.07) is 13.5. The molecule has 0 fully saturated rings. The van der Waals surface area contributed by atoms with Gasteiger partial charge < -0.3 is 20.8 Å². The van der Waals surface area contributed by atoms with E-state index >= 15 is 0 Å². The summed E-state index contributed by atoms with van der Waals surface area (Å²) in [7, 11) is 0. The molecule has 0 unspecified atom stereocenters. The van der Waals surface area contributed by atoms with E-state index in [-0.39, 0.29) is 12.3 Å². The number of carbonyl (C=O) groups is 1. The Morgan fingerprint density at radius 1 is 1.15 bits per heavy atom. The summed E-state index contributed by atoms with van der Waals surface area (Å²) in [4.78, 5) is 21.7. The summed E-state index contributed by atoms with van der Waals surface area (Å²) in [5.41, 5.74) is 10.8. The lowest BCUT2D eigenvalue weighted by atomic mass is 10.1. The zero-order chi connectivity index (χ0) is 18.3. The molecule has 130 valence electrons. The van der Waals surface area contributed by atoms with Gasteiger partial charge in [-0.05, 0) is 24.3 Å². The molecule has 26 heavy (non-hydrogen) atoms. The van der Waals surface area contributed by atoms with Crippen LogP contribution in [0.25, 0.3) is 33.2 Å². The Kier molecular flexibility index (Phi) is 3.69. The fraction of sp³-hybridized carbons (Fsp3) is 0.105. The summed E-state index contributed by atoms with van der Waals surface area (Å²) in [5.74, 6) is -0.145. The van der Waals surface area contributed by atoms with E-state index in [2.05, 4.69) is 15.0 Å². The lowest BCUT2D eigenvalue weighted by Gasteiger charge is -1.98. The highest BCUT2D eigenvalue weighted by Gasteiger charge is 2.11. The molecule has 2 aromatic heterocycles. The van der Waals surface area contributed by atoms with Crippen LogP contribution in [0.4, 0.5) is 0 Å². The number of hydrogen-bond acceptors (Lipinski definition) is 3. The number of nitrogens with two attached hydrogens (primary N) is 1. The molecule has 4 rings (SSSR count). The van der Waals surface area contributed by atoms with E-state index in [1.165, 1.54) is 0 Å². The minimum absolute atomic E-state index is 0.0354. The molecule has 6 N–H and O–H groups in total. The summed E-state index contributed by atoms with van der Waals surface area (Å²) in [6.45, 7) is 0. The first-order valence-corrected chi connectivity index (χ1v) is 8.18. The maximum Gasteiger partial charge on any atom is 0.303 e. The second-order valence-electron chi connectivity index (χ2n) is 6.17. The van der Waals surface area contributed by atoms with Gasteiger partial charge in [0.1, 0.15) is 11.7 Å². The predicted octanol–water partition coefficient (Wildman–Crippen LogP) is 3.01. The van der Waals surface area contributed by atoms with Crippen LogP contribution in [0.2, 0.25) is 0 Å². The molecular weight excluding hydrogens is 330 g/mol. The van der Waals surface area contributed by atoms with Gasteiger partial charge in [0.05, 0.1) is 17.5 Å². The van der Waals surface area contributed by atoms with E-state index < -0.39 is 5.97 Å². The van der Waals surface area contributed by atoms with E-state index in [0.29, 0.717) is 17.8 Å². The highest BCUT2D eigenvalue weighted by Crippen LogP contribution is 2.28. The molecule has 0 aliphatic carbocycles. The van der Waals surface area contributed by atoms with Gasteiger partial charge in [0, 0.05) is 34.1 Å². The molecule has 0 spiro atoms. The standard InChI is InChI=1S/C19H17N5O2/c20-19(21)11-2-1-3-13-12(11)9-15(22-13)10-4-5-14-16(8-10)24-17(23-14)6-7-18(25)26/h1-5,8-9,22H,6-7H2,(H3,20,21)(H,23,24)(H,25,26). The lowest BCUT2D eigenvalue weighted by Crippen LogP contribution is -2.10. The van der Waals surface area contributed by atoms with Gasteiger partial charge in [-0.15, -0.1) is 0 Å². The molecule has 0 saturated carbocycles. The Morgan fingerprint density at radius 2 is 2.00 bits per heavy atom. The summed E-state index contributed by atoms with van der Waals surface area (Å²) in [5, 5.41) is 17.4. The first-order chi connectivity index (χ1) is 12.5. The van der Waals surface area contributed by atoms with Crippen molar-refractivity contribution < 1.29 is 9.90 Å². The van der Waals surface area contributed by atoms with E-state index in [1.54, 1.807) is 0 Å². The number of aryl methyl sites for hydroxylation is 1. The number of nitrogens with zero attached hydrogens (tertiary/aromatic N) is 1. The average Bonchev–Trinajstić information content (AvgIpc) is 3.22. The zero-order valence-electron chi connectivity index (χ0n) is 13.8. The van der Waals surface area contributed by atoms with Gasteiger partial charge in [0.25, 0.3) is 0 Å². The molecular formula is C19H17N5O2. The summed E-state index contributed by atoms with van der Waals surface area (Å²) >= 11 is 0. The van der Waals surface area contributed by atoms with Crippen LogP contribution >= 0.6 is 0 Å². The minimum atomic E-state index is -0.842. The number of amidine groups is 1. The average molecular weight is 347 g/mol. The molecule has 2 aromatic carbocycles. The van der Waals surface area contributed by atoms with Crippen LogP contribution in [0.15, 0.2) is 42.5 Å². The Bertz CT molecular complexity index is 1160. The van der Waals surface area contributed by atoms with Crippen molar-refractivity contribution in [3.63, 3.8) is 0 Å². The topological polar surface area (TPSA) is 132 Å². The Labute approximate surface area is 148 Å². The first kappa shape index (κ1) is 15.9. The van der Waals surface area contributed by atoms with E-state index in [4.69, 9.17) is 16.2 Å². The third-order valence-electron chi connectivity index (χ3n) is 4.37. The lowest BCUT2D eigenvalue weighted by molar-refractivity contribution is -0.137. The van der Waals surface area contributed by atoms with Gasteiger partial charge in [-0.1, -0.05) is 18.2 Å². The number of aromatic nitrogens is 3. The number of fused-ring (bicyclic) bond motifs is 2. The van der Waals surface area contributed by atoms with Crippen LogP contribution in [0.5, 0.6) is 0 Å². The molecule has 4 aromatic rings. The normalized spacial score (nSPS) is 11.2. The molecule has 0 bridgehead atoms. The molecule has 0 aliphatic heterocycles. The molecule has 0 radical (unpaired) electrons. The smallest absolute Gasteiger partial charge is 0.303 e. The molecule has 2 heterocycles. The van der Waals surface area contributed by atoms with Crippen molar-refractivity contribution in [1.29, 1.82) is 5.41 Å². The van der Waals surface area contributed by atoms with Crippen LogP contribution in [0, 0.1) is 5.41 Å². The van der Waals surface area contributed by atoms with Crippen molar-refractivity contribution >= 4 is 33.7 Å². The fourth-order valence-corrected chi connectivity index (χ4v) is 3.12. The third-order valence-corrected chi connectivity index (χ3v) is 4.37. The SMILES string of the molecule is N=C(N)c1cccc2[nH]c(-c3ccc4nc(CCC(=O)O)[nH]c4c3)cc12. The Morgan fingerprint density at radius 3 is 2.77 bits per heavy atom. The zero-order valence-corrected chi connectivity index (χ0v) is 13.8. The van der Waals surface area contributed by atoms with Crippen LogP contribution in [-0.2, 0) is 11.2 Å². The van der Waals surface area contributed by atoms with E-state index in [0.717, 1.165) is 33.2 Å². The van der Waals surface area contributed by atoms with Crippen LogP contribution in [0.3, 0.4) is 0 Å². The Balaban J connectivity index is 1.74. The number of imidazole rings is 1. The van der Waals surface area contributed by atoms with Gasteiger partial charge >= 0.3 is 5.97 Å². The number of aromatic amines is 2. The van der Waals surface area contributed by atoms with Gasteiger partial charge in [0.2, 0.25) is 0 Å². The third kappa shape index (κ3) is 2.79. The van der Waals surface area contributed by atoms with Crippen molar-refractivity contribution in [2.75, 3.05) is 0 Å². The van der Waals surface area contributed by atoms with Crippen LogP contribution < -0.4 is 5.73 Å². The number of hydrogen-bond donors (Lipinski definition) is 5. The maximum absolute atomic E-state index is 10.7. The van der Waals surface area contributed by atoms with Gasteiger partial charge in [-0.25, -0.2) is 4.98 Å². The largest absolute Gasteiger partial charge is 0.481 e. The minimum Gasteiger partial charge on any atom is -0.481 e. The number of benzene rings is 2. The maximum atomic E-state index is 10.7. The molecule has 0 aliphatic rings. The number of nitrogen functional groups attached to an aromatic ring is 1. The number of H-pyrrole nitrogens is 2. The summed E-state index contributed by atoms with van der Waals surface area (Å²) < 4.78 is 0. The van der Waals surface area contributed by atoms with Gasteiger partial charge in [-0.2, -0.15) is 0 Å². The fourth-order valence-electron chi connectivity index (χ4n) is 3.12. The molecule has 7 heteroatoms. The van der Waals surface area contributed by atoms with Crippen molar-refractivity contribution in [3.8, 4) is 11.3 Å². The molecule has 0 atom stereocenters. The second-order valence-corrected chi connectivity index (χ2v) is 6.17. The number of nitrogens with one attached hydrogen (secondary N) is 3. The van der Waals surface area contributed by atoms with E-state index in [1.807, 2.05) is 42.5 Å². The summed E-state index contributed by atoms with van der Waals surface area (Å²) in [6.07, 6.45) is 0.413. The first-order valence-electron chi connectivity index (χ1n) is 8.18. The van der Waals surface area contributed by atoms with Crippen LogP contribution in [0.1, 0.15) is 17.8 Å². The van der Waals surface area contributed by atoms with Crippen molar-refractivity contribution in [3.05, 3.63) is 53.9 Å². The number of carboxylic acids is 1. The highest BCUT2D eigenvalue weighted by atomic mass is 16.4. The van der Waals surface area contributed by atoms with Crippen molar-refractivity contribution in [1.82, 2.24) is 15.0 Å². The quantitative estimate of drug-likeness (QED) is 0.280. The van der Waals surface area contributed by atoms with Crippen molar-refractivity contribution in [2.45, 2.75) is 12.8 Å². The van der Waals surface area contributed by atoms with Gasteiger partial charge in [0.15, 0.2) is 0 Å². The number of rotatable bonds is 5. The van der Waals surface area contributed by atoms with E-state index in [9.17, 15) is 4.79 Å². The second kappa shape index (κ2) is 6.03.